The summed E-state index contributed by atoms with van der Waals surface area (Å²) >= 11 is 11.8. The van der Waals surface area contributed by atoms with E-state index in [9.17, 15) is 9.59 Å². The minimum Gasteiger partial charge on any atom is -0.482 e. The van der Waals surface area contributed by atoms with Crippen molar-refractivity contribution in [3.63, 3.8) is 0 Å². The number of halogens is 2. The summed E-state index contributed by atoms with van der Waals surface area (Å²) in [4.78, 5) is 24.2. The third-order valence-corrected chi connectivity index (χ3v) is 4.13. The fraction of sp³-hybridized carbons (Fsp3) is 0.300. The van der Waals surface area contributed by atoms with E-state index in [2.05, 4.69) is 5.32 Å². The lowest BCUT2D eigenvalue weighted by Crippen LogP contribution is -2.31. The van der Waals surface area contributed by atoms with Crippen molar-refractivity contribution in [1.82, 2.24) is 0 Å². The Morgan fingerprint density at radius 3 is 2.30 bits per heavy atom. The van der Waals surface area contributed by atoms with E-state index in [1.165, 1.54) is 6.92 Å². The molecule has 144 valence electrons. The molecule has 0 unspecified atom stereocenters. The first kappa shape index (κ1) is 21.1. The molecule has 0 bridgehead atoms. The van der Waals surface area contributed by atoms with Crippen molar-refractivity contribution in [2.24, 2.45) is 0 Å². The fourth-order valence-electron chi connectivity index (χ4n) is 2.38. The molecule has 0 saturated carbocycles. The summed E-state index contributed by atoms with van der Waals surface area (Å²) in [6.07, 6.45) is -1.00. The minimum absolute atomic E-state index is 0.256. The number of carbonyl (C=O) groups excluding carboxylic acids is 2. The van der Waals surface area contributed by atoms with Crippen LogP contribution in [0.15, 0.2) is 42.5 Å². The molecule has 0 spiro atoms. The van der Waals surface area contributed by atoms with Crippen molar-refractivity contribution in [1.29, 1.82) is 0 Å². The van der Waals surface area contributed by atoms with Crippen LogP contribution in [0.1, 0.15) is 32.3 Å². The van der Waals surface area contributed by atoms with Gasteiger partial charge in [-0.2, -0.15) is 0 Å². The molecule has 2 aromatic carbocycles. The maximum atomic E-state index is 12.2. The summed E-state index contributed by atoms with van der Waals surface area (Å²) in [5.41, 5.74) is 1.41. The van der Waals surface area contributed by atoms with Gasteiger partial charge in [-0.05, 0) is 42.7 Å². The Balaban J connectivity index is 1.88. The molecule has 0 radical (unpaired) electrons. The van der Waals surface area contributed by atoms with Crippen LogP contribution in [0.5, 0.6) is 5.75 Å². The van der Waals surface area contributed by atoms with Crippen LogP contribution in [-0.4, -0.2) is 24.6 Å². The number of ether oxygens (including phenoxy) is 2. The Kier molecular flexibility index (Phi) is 7.51. The molecule has 1 N–H and O–H groups in total. The number of carbonyl (C=O) groups is 2. The van der Waals surface area contributed by atoms with Crippen LogP contribution in [0, 0.1) is 0 Å². The van der Waals surface area contributed by atoms with Crippen LogP contribution in [0.25, 0.3) is 0 Å². The summed E-state index contributed by atoms with van der Waals surface area (Å²) in [6.45, 7) is 5.26. The molecule has 27 heavy (non-hydrogen) atoms. The summed E-state index contributed by atoms with van der Waals surface area (Å²) in [5.74, 6) is -0.258. The van der Waals surface area contributed by atoms with E-state index < -0.39 is 18.0 Å². The lowest BCUT2D eigenvalue weighted by Gasteiger charge is -2.16. The number of benzene rings is 2. The molecule has 1 atom stereocenters. The highest BCUT2D eigenvalue weighted by Crippen LogP contribution is 2.26. The van der Waals surface area contributed by atoms with Crippen molar-refractivity contribution in [2.45, 2.75) is 32.8 Å². The van der Waals surface area contributed by atoms with Crippen LogP contribution in [-0.2, 0) is 14.3 Å². The number of anilines is 1. The first-order valence-electron chi connectivity index (χ1n) is 8.44. The SMILES string of the molecule is CC(C)c1ccccc1OCC(=O)O[C@@H](C)C(=O)Nc1cc(Cl)cc(Cl)c1. The van der Waals surface area contributed by atoms with Gasteiger partial charge in [0.2, 0.25) is 0 Å². The van der Waals surface area contributed by atoms with Gasteiger partial charge in [0.1, 0.15) is 5.75 Å². The van der Waals surface area contributed by atoms with Crippen LogP contribution in [0.4, 0.5) is 5.69 Å². The van der Waals surface area contributed by atoms with Crippen LogP contribution >= 0.6 is 23.2 Å². The number of rotatable bonds is 7. The number of hydrogen-bond donors (Lipinski definition) is 1. The van der Waals surface area contributed by atoms with E-state index in [0.29, 0.717) is 21.5 Å². The molecule has 0 aliphatic heterocycles. The van der Waals surface area contributed by atoms with Gasteiger partial charge in [0.05, 0.1) is 0 Å². The van der Waals surface area contributed by atoms with E-state index in [1.54, 1.807) is 24.3 Å². The average Bonchev–Trinajstić information content (AvgIpc) is 2.59. The third kappa shape index (κ3) is 6.45. The standard InChI is InChI=1S/C20H21Cl2NO4/c1-12(2)17-6-4-5-7-18(17)26-11-19(24)27-13(3)20(25)23-16-9-14(21)8-15(22)10-16/h4-10,12-13H,11H2,1-3H3,(H,23,25)/t13-/m0/s1. The fourth-order valence-corrected chi connectivity index (χ4v) is 2.91. The van der Waals surface area contributed by atoms with Gasteiger partial charge in [0.25, 0.3) is 5.91 Å². The van der Waals surface area contributed by atoms with Crippen molar-refractivity contribution in [3.05, 3.63) is 58.1 Å². The highest BCUT2D eigenvalue weighted by atomic mass is 35.5. The van der Waals surface area contributed by atoms with E-state index >= 15 is 0 Å². The zero-order valence-corrected chi connectivity index (χ0v) is 16.8. The van der Waals surface area contributed by atoms with E-state index in [1.807, 2.05) is 32.0 Å². The third-order valence-electron chi connectivity index (χ3n) is 3.69. The molecule has 1 amide bonds. The molecule has 0 aliphatic carbocycles. The number of amides is 1. The summed E-state index contributed by atoms with van der Waals surface area (Å²) < 4.78 is 10.7. The van der Waals surface area contributed by atoms with E-state index in [-0.39, 0.29) is 12.5 Å². The van der Waals surface area contributed by atoms with Crippen molar-refractivity contribution in [2.75, 3.05) is 11.9 Å². The van der Waals surface area contributed by atoms with Crippen molar-refractivity contribution < 1.29 is 19.1 Å². The summed E-state index contributed by atoms with van der Waals surface area (Å²) in [5, 5.41) is 3.38. The Hall–Kier alpha value is -2.24. The first-order chi connectivity index (χ1) is 12.8. The molecule has 0 saturated heterocycles. The second-order valence-corrected chi connectivity index (χ2v) is 7.13. The van der Waals surface area contributed by atoms with Gasteiger partial charge in [0, 0.05) is 15.7 Å². The molecule has 2 aromatic rings. The maximum absolute atomic E-state index is 12.2. The van der Waals surface area contributed by atoms with Gasteiger partial charge in [-0.15, -0.1) is 0 Å². The quantitative estimate of drug-likeness (QED) is 0.648. The predicted octanol–water partition coefficient (Wildman–Crippen LogP) is 5.07. The maximum Gasteiger partial charge on any atom is 0.344 e. The zero-order chi connectivity index (χ0) is 20.0. The number of hydrogen-bond acceptors (Lipinski definition) is 4. The zero-order valence-electron chi connectivity index (χ0n) is 15.3. The summed E-state index contributed by atoms with van der Waals surface area (Å²) in [6, 6.07) is 12.1. The van der Waals surface area contributed by atoms with Gasteiger partial charge >= 0.3 is 5.97 Å². The van der Waals surface area contributed by atoms with Crippen molar-refractivity contribution >= 4 is 40.8 Å². The predicted molar refractivity (Wildman–Crippen MR) is 107 cm³/mol. The molecule has 0 aromatic heterocycles. The van der Waals surface area contributed by atoms with E-state index in [4.69, 9.17) is 32.7 Å². The second-order valence-electron chi connectivity index (χ2n) is 6.26. The average molecular weight is 410 g/mol. The van der Waals surface area contributed by atoms with Gasteiger partial charge in [-0.1, -0.05) is 55.2 Å². The minimum atomic E-state index is -1.00. The smallest absolute Gasteiger partial charge is 0.344 e. The Bertz CT molecular complexity index is 803. The van der Waals surface area contributed by atoms with Crippen LogP contribution in [0.2, 0.25) is 10.0 Å². The van der Waals surface area contributed by atoms with Crippen molar-refractivity contribution in [3.8, 4) is 5.75 Å². The molecular formula is C20H21Cl2NO4. The number of esters is 1. The Morgan fingerprint density at radius 1 is 1.04 bits per heavy atom. The monoisotopic (exact) mass is 409 g/mol. The van der Waals surface area contributed by atoms with Gasteiger partial charge < -0.3 is 14.8 Å². The molecule has 2 rings (SSSR count). The second kappa shape index (κ2) is 9.62. The molecule has 0 fully saturated rings. The van der Waals surface area contributed by atoms with Crippen LogP contribution < -0.4 is 10.1 Å². The Labute approximate surface area is 168 Å². The highest BCUT2D eigenvalue weighted by molar-refractivity contribution is 6.35. The van der Waals surface area contributed by atoms with Gasteiger partial charge in [-0.25, -0.2) is 4.79 Å². The number of para-hydroxylation sites is 1. The Morgan fingerprint density at radius 2 is 1.67 bits per heavy atom. The molecular weight excluding hydrogens is 389 g/mol. The lowest BCUT2D eigenvalue weighted by molar-refractivity contribution is -0.155. The topological polar surface area (TPSA) is 64.6 Å². The molecule has 7 heteroatoms. The van der Waals surface area contributed by atoms with E-state index in [0.717, 1.165) is 5.56 Å². The molecule has 0 heterocycles. The number of nitrogens with one attached hydrogen (secondary N) is 1. The normalized spacial score (nSPS) is 11.8. The van der Waals surface area contributed by atoms with Crippen LogP contribution in [0.3, 0.4) is 0 Å². The highest BCUT2D eigenvalue weighted by Gasteiger charge is 2.19. The first-order valence-corrected chi connectivity index (χ1v) is 9.20. The summed E-state index contributed by atoms with van der Waals surface area (Å²) in [7, 11) is 0. The van der Waals surface area contributed by atoms with Gasteiger partial charge in [-0.3, -0.25) is 4.79 Å². The molecule has 0 aliphatic rings. The van der Waals surface area contributed by atoms with Gasteiger partial charge in [0.15, 0.2) is 12.7 Å². The molecule has 5 nitrogen and oxygen atoms in total. The lowest BCUT2D eigenvalue weighted by atomic mass is 10.0. The largest absolute Gasteiger partial charge is 0.482 e.